The zero-order chi connectivity index (χ0) is 14.7. The summed E-state index contributed by atoms with van der Waals surface area (Å²) in [6.45, 7) is 5.50. The summed E-state index contributed by atoms with van der Waals surface area (Å²) in [4.78, 5) is 11.1. The van der Waals surface area contributed by atoms with Gasteiger partial charge in [0.2, 0.25) is 0 Å². The van der Waals surface area contributed by atoms with Gasteiger partial charge in [-0.25, -0.2) is 4.68 Å². The standard InChI is InChI=1S/C14H18N4O2/c1-9-5-4-6-12(7-9)8-13-15-16-17-18(13)11(3)10(2)14(19)20/h4-7,10-11H,8H2,1-3H3,(H,19,20). The Hall–Kier alpha value is -2.24. The van der Waals surface area contributed by atoms with Gasteiger partial charge in [0.05, 0.1) is 12.0 Å². The Morgan fingerprint density at radius 3 is 2.80 bits per heavy atom. The highest BCUT2D eigenvalue weighted by atomic mass is 16.4. The van der Waals surface area contributed by atoms with Crippen molar-refractivity contribution in [2.24, 2.45) is 5.92 Å². The predicted octanol–water partition coefficient (Wildman–Crippen LogP) is 1.85. The van der Waals surface area contributed by atoms with Gasteiger partial charge in [0, 0.05) is 6.42 Å². The molecule has 0 aliphatic rings. The lowest BCUT2D eigenvalue weighted by Crippen LogP contribution is -2.24. The van der Waals surface area contributed by atoms with E-state index in [2.05, 4.69) is 21.6 Å². The lowest BCUT2D eigenvalue weighted by Gasteiger charge is -2.17. The van der Waals surface area contributed by atoms with Crippen LogP contribution in [0.5, 0.6) is 0 Å². The number of aliphatic carboxylic acids is 1. The Morgan fingerprint density at radius 1 is 1.40 bits per heavy atom. The molecule has 6 nitrogen and oxygen atoms in total. The Labute approximate surface area is 117 Å². The third-order valence-electron chi connectivity index (χ3n) is 3.50. The number of hydrogen-bond acceptors (Lipinski definition) is 4. The molecule has 0 bridgehead atoms. The van der Waals surface area contributed by atoms with Gasteiger partial charge in [0.15, 0.2) is 5.82 Å². The average molecular weight is 274 g/mol. The second-order valence-electron chi connectivity index (χ2n) is 5.07. The molecule has 1 aromatic carbocycles. The van der Waals surface area contributed by atoms with Crippen LogP contribution in [-0.4, -0.2) is 31.3 Å². The molecule has 0 saturated heterocycles. The fourth-order valence-corrected chi connectivity index (χ4v) is 2.07. The average Bonchev–Trinajstić information content (AvgIpc) is 2.85. The summed E-state index contributed by atoms with van der Waals surface area (Å²) in [6.07, 6.45) is 0.589. The van der Waals surface area contributed by atoms with Crippen LogP contribution in [0.1, 0.15) is 36.8 Å². The molecule has 0 spiro atoms. The van der Waals surface area contributed by atoms with Crippen LogP contribution in [0.2, 0.25) is 0 Å². The number of aromatic nitrogens is 4. The van der Waals surface area contributed by atoms with Crippen molar-refractivity contribution in [1.29, 1.82) is 0 Å². The van der Waals surface area contributed by atoms with Gasteiger partial charge in [-0.2, -0.15) is 0 Å². The molecule has 2 aromatic rings. The molecule has 1 heterocycles. The Bertz CT molecular complexity index is 609. The van der Waals surface area contributed by atoms with E-state index in [0.29, 0.717) is 12.2 Å². The molecule has 2 rings (SSSR count). The molecule has 106 valence electrons. The minimum Gasteiger partial charge on any atom is -0.481 e. The van der Waals surface area contributed by atoms with Gasteiger partial charge in [-0.3, -0.25) is 4.79 Å². The number of rotatable bonds is 5. The highest BCUT2D eigenvalue weighted by Gasteiger charge is 2.24. The monoisotopic (exact) mass is 274 g/mol. The first-order chi connectivity index (χ1) is 9.49. The quantitative estimate of drug-likeness (QED) is 0.900. The maximum atomic E-state index is 11.1. The Balaban J connectivity index is 2.22. The summed E-state index contributed by atoms with van der Waals surface area (Å²) in [5.74, 6) is -0.722. The van der Waals surface area contributed by atoms with E-state index >= 15 is 0 Å². The zero-order valence-electron chi connectivity index (χ0n) is 11.8. The summed E-state index contributed by atoms with van der Waals surface area (Å²) < 4.78 is 1.60. The first-order valence-electron chi connectivity index (χ1n) is 6.54. The molecule has 0 radical (unpaired) electrons. The summed E-state index contributed by atoms with van der Waals surface area (Å²) >= 11 is 0. The maximum absolute atomic E-state index is 11.1. The minimum atomic E-state index is -0.852. The van der Waals surface area contributed by atoms with E-state index in [0.717, 1.165) is 5.56 Å². The molecule has 2 atom stereocenters. The number of hydrogen-bond donors (Lipinski definition) is 1. The van der Waals surface area contributed by atoms with E-state index in [1.807, 2.05) is 32.0 Å². The van der Waals surface area contributed by atoms with Crippen molar-refractivity contribution in [3.8, 4) is 0 Å². The SMILES string of the molecule is Cc1cccc(Cc2nnnn2C(C)C(C)C(=O)O)c1. The van der Waals surface area contributed by atoms with Crippen molar-refractivity contribution in [3.05, 3.63) is 41.2 Å². The highest BCUT2D eigenvalue weighted by molar-refractivity contribution is 5.70. The molecule has 1 N–H and O–H groups in total. The van der Waals surface area contributed by atoms with Gasteiger partial charge >= 0.3 is 5.97 Å². The molecule has 6 heteroatoms. The fourth-order valence-electron chi connectivity index (χ4n) is 2.07. The largest absolute Gasteiger partial charge is 0.481 e. The van der Waals surface area contributed by atoms with Crippen LogP contribution in [0, 0.1) is 12.8 Å². The van der Waals surface area contributed by atoms with Crippen LogP contribution in [0.15, 0.2) is 24.3 Å². The van der Waals surface area contributed by atoms with Gasteiger partial charge < -0.3 is 5.11 Å². The molecule has 0 saturated carbocycles. The van der Waals surface area contributed by atoms with Crippen LogP contribution in [0.4, 0.5) is 0 Å². The molecule has 0 amide bonds. The van der Waals surface area contributed by atoms with Gasteiger partial charge in [-0.1, -0.05) is 29.8 Å². The molecule has 0 aliphatic heterocycles. The molecule has 1 aromatic heterocycles. The second-order valence-corrected chi connectivity index (χ2v) is 5.07. The van der Waals surface area contributed by atoms with E-state index in [9.17, 15) is 4.79 Å². The van der Waals surface area contributed by atoms with E-state index in [1.54, 1.807) is 11.6 Å². The molecule has 20 heavy (non-hydrogen) atoms. The van der Waals surface area contributed by atoms with Gasteiger partial charge in [0.1, 0.15) is 0 Å². The van der Waals surface area contributed by atoms with E-state index in [1.165, 1.54) is 5.56 Å². The number of nitrogens with zero attached hydrogens (tertiary/aromatic N) is 4. The maximum Gasteiger partial charge on any atom is 0.308 e. The summed E-state index contributed by atoms with van der Waals surface area (Å²) in [5, 5.41) is 20.7. The third kappa shape index (κ3) is 3.01. The normalized spacial score (nSPS) is 13.9. The van der Waals surface area contributed by atoms with E-state index < -0.39 is 11.9 Å². The zero-order valence-corrected chi connectivity index (χ0v) is 11.8. The van der Waals surface area contributed by atoms with E-state index in [-0.39, 0.29) is 6.04 Å². The van der Waals surface area contributed by atoms with Crippen molar-refractivity contribution in [3.63, 3.8) is 0 Å². The molecule has 0 aliphatic carbocycles. The number of carboxylic acid groups (broad SMARTS) is 1. The number of carboxylic acids is 1. The van der Waals surface area contributed by atoms with Crippen LogP contribution >= 0.6 is 0 Å². The lowest BCUT2D eigenvalue weighted by molar-refractivity contribution is -0.142. The Morgan fingerprint density at radius 2 is 2.15 bits per heavy atom. The first-order valence-corrected chi connectivity index (χ1v) is 6.54. The van der Waals surface area contributed by atoms with Crippen LogP contribution in [0.3, 0.4) is 0 Å². The minimum absolute atomic E-state index is 0.290. The van der Waals surface area contributed by atoms with Crippen molar-refractivity contribution in [2.75, 3.05) is 0 Å². The van der Waals surface area contributed by atoms with Crippen molar-refractivity contribution >= 4 is 5.97 Å². The van der Waals surface area contributed by atoms with Gasteiger partial charge in [-0.15, -0.1) is 5.10 Å². The van der Waals surface area contributed by atoms with Crippen LogP contribution in [0.25, 0.3) is 0 Å². The van der Waals surface area contributed by atoms with Crippen LogP contribution < -0.4 is 0 Å². The van der Waals surface area contributed by atoms with Gasteiger partial charge in [-0.05, 0) is 36.8 Å². The second kappa shape index (κ2) is 5.81. The van der Waals surface area contributed by atoms with Crippen molar-refractivity contribution < 1.29 is 9.90 Å². The Kier molecular flexibility index (Phi) is 4.12. The number of aryl methyl sites for hydroxylation is 1. The fraction of sp³-hybridized carbons (Fsp3) is 0.429. The highest BCUT2D eigenvalue weighted by Crippen LogP contribution is 2.19. The summed E-state index contributed by atoms with van der Waals surface area (Å²) in [5.41, 5.74) is 2.28. The topological polar surface area (TPSA) is 80.9 Å². The lowest BCUT2D eigenvalue weighted by atomic mass is 10.0. The first kappa shape index (κ1) is 14.2. The van der Waals surface area contributed by atoms with Crippen molar-refractivity contribution in [2.45, 2.75) is 33.2 Å². The smallest absolute Gasteiger partial charge is 0.308 e. The third-order valence-corrected chi connectivity index (χ3v) is 3.50. The van der Waals surface area contributed by atoms with Crippen molar-refractivity contribution in [1.82, 2.24) is 20.2 Å². The van der Waals surface area contributed by atoms with E-state index in [4.69, 9.17) is 5.11 Å². The predicted molar refractivity (Wildman–Crippen MR) is 73.3 cm³/mol. The number of benzene rings is 1. The summed E-state index contributed by atoms with van der Waals surface area (Å²) in [6, 6.07) is 7.81. The summed E-state index contributed by atoms with van der Waals surface area (Å²) in [7, 11) is 0. The van der Waals surface area contributed by atoms with Gasteiger partial charge in [0.25, 0.3) is 0 Å². The number of carbonyl (C=O) groups is 1. The molecule has 2 unspecified atom stereocenters. The number of tetrazole rings is 1. The molecule has 0 fully saturated rings. The molecular weight excluding hydrogens is 256 g/mol. The van der Waals surface area contributed by atoms with Crippen LogP contribution in [-0.2, 0) is 11.2 Å². The molecular formula is C14H18N4O2.